The number of rotatable bonds is 1. The summed E-state index contributed by atoms with van der Waals surface area (Å²) in [6, 6.07) is 0. The van der Waals surface area contributed by atoms with Gasteiger partial charge in [-0.25, -0.2) is 0 Å². The molecule has 0 aromatic heterocycles. The van der Waals surface area contributed by atoms with Crippen LogP contribution in [0.5, 0.6) is 0 Å². The Balaban J connectivity index is 2.78. The van der Waals surface area contributed by atoms with Crippen molar-refractivity contribution in [1.29, 1.82) is 0 Å². The van der Waals surface area contributed by atoms with Crippen LogP contribution in [0.4, 0.5) is 0 Å². The van der Waals surface area contributed by atoms with Crippen molar-refractivity contribution in [2.45, 2.75) is 23.1 Å². The number of hydrogen-bond acceptors (Lipinski definition) is 0. The predicted molar refractivity (Wildman–Crippen MR) is 61.0 cm³/mol. The lowest BCUT2D eigenvalue weighted by Crippen LogP contribution is -2.05. The molecule has 0 aromatic carbocycles. The van der Waals surface area contributed by atoms with E-state index in [1.54, 1.807) is 6.08 Å². The fraction of sp³-hybridized carbons (Fsp3) is 0.500. The van der Waals surface area contributed by atoms with Gasteiger partial charge in [0.15, 0.2) is 3.79 Å². The maximum atomic E-state index is 5.95. The van der Waals surface area contributed by atoms with Crippen LogP contribution in [0, 0.1) is 0 Å². The van der Waals surface area contributed by atoms with E-state index in [4.69, 9.17) is 58.0 Å². The van der Waals surface area contributed by atoms with Crippen molar-refractivity contribution >= 4 is 58.0 Å². The minimum Gasteiger partial charge on any atom is -0.0891 e. The van der Waals surface area contributed by atoms with E-state index in [2.05, 4.69) is 0 Å². The van der Waals surface area contributed by atoms with Crippen molar-refractivity contribution in [2.75, 3.05) is 0 Å². The fourth-order valence-electron chi connectivity index (χ4n) is 1.09. The highest BCUT2D eigenvalue weighted by molar-refractivity contribution is 6.67. The molecule has 74 valence electrons. The lowest BCUT2D eigenvalue weighted by atomic mass is 10.0. The molecule has 5 heteroatoms. The molecule has 0 atom stereocenters. The highest BCUT2D eigenvalue weighted by Gasteiger charge is 2.23. The summed E-state index contributed by atoms with van der Waals surface area (Å²) in [5.41, 5.74) is 0.818. The zero-order valence-corrected chi connectivity index (χ0v) is 10.4. The van der Waals surface area contributed by atoms with Gasteiger partial charge >= 0.3 is 0 Å². The molecule has 1 aliphatic rings. The third kappa shape index (κ3) is 4.31. The van der Waals surface area contributed by atoms with Gasteiger partial charge in [-0.2, -0.15) is 0 Å². The normalized spacial score (nSPS) is 19.0. The Morgan fingerprint density at radius 1 is 1.15 bits per heavy atom. The molecule has 0 N–H and O–H groups in total. The zero-order chi connectivity index (χ0) is 10.1. The van der Waals surface area contributed by atoms with E-state index in [0.29, 0.717) is 6.42 Å². The summed E-state index contributed by atoms with van der Waals surface area (Å²) in [5, 5.41) is 1.49. The Morgan fingerprint density at radius 3 is 2.31 bits per heavy atom. The van der Waals surface area contributed by atoms with Gasteiger partial charge in [0.25, 0.3) is 0 Å². The van der Waals surface area contributed by atoms with Crippen molar-refractivity contribution in [3.05, 3.63) is 21.7 Å². The SMILES string of the molecule is ClC1=CC(CC(Cl)(Cl)Cl)=C(Cl)CC1. The van der Waals surface area contributed by atoms with Crippen LogP contribution < -0.4 is 0 Å². The van der Waals surface area contributed by atoms with Crippen LogP contribution >= 0.6 is 58.0 Å². The average Bonchev–Trinajstić information content (AvgIpc) is 1.94. The van der Waals surface area contributed by atoms with Crippen molar-refractivity contribution in [2.24, 2.45) is 0 Å². The monoisotopic (exact) mass is 278 g/mol. The topological polar surface area (TPSA) is 0 Å². The smallest absolute Gasteiger partial charge is 0.0891 e. The summed E-state index contributed by atoms with van der Waals surface area (Å²) < 4.78 is -1.31. The Kier molecular flexibility index (Phi) is 4.28. The molecule has 1 rings (SSSR count). The first-order valence-corrected chi connectivity index (χ1v) is 5.58. The molecule has 13 heavy (non-hydrogen) atoms. The fourth-order valence-corrected chi connectivity index (χ4v) is 1.97. The van der Waals surface area contributed by atoms with Crippen molar-refractivity contribution < 1.29 is 0 Å². The summed E-state index contributed by atoms with van der Waals surface area (Å²) in [7, 11) is 0. The summed E-state index contributed by atoms with van der Waals surface area (Å²) in [5.74, 6) is 0. The highest BCUT2D eigenvalue weighted by Crippen LogP contribution is 2.39. The summed E-state index contributed by atoms with van der Waals surface area (Å²) >= 11 is 28.7. The van der Waals surface area contributed by atoms with Crippen LogP contribution in [0.3, 0.4) is 0 Å². The van der Waals surface area contributed by atoms with Gasteiger partial charge in [-0.15, -0.1) is 0 Å². The van der Waals surface area contributed by atoms with Crippen LogP contribution in [-0.4, -0.2) is 3.79 Å². The number of hydrogen-bond donors (Lipinski definition) is 0. The van der Waals surface area contributed by atoms with Gasteiger partial charge in [0.05, 0.1) is 0 Å². The second-order valence-electron chi connectivity index (χ2n) is 2.81. The van der Waals surface area contributed by atoms with Gasteiger partial charge in [0, 0.05) is 16.5 Å². The van der Waals surface area contributed by atoms with Gasteiger partial charge in [-0.05, 0) is 24.5 Å². The van der Waals surface area contributed by atoms with E-state index in [1.165, 1.54) is 0 Å². The lowest BCUT2D eigenvalue weighted by molar-refractivity contribution is 0.924. The van der Waals surface area contributed by atoms with Gasteiger partial charge < -0.3 is 0 Å². The largest absolute Gasteiger partial charge is 0.194 e. The molecule has 0 nitrogen and oxygen atoms in total. The highest BCUT2D eigenvalue weighted by atomic mass is 35.6. The standard InChI is InChI=1S/C8H7Cl5/c9-6-1-2-7(10)5(3-6)4-8(11,12)13/h3H,1-2,4H2. The molecule has 0 bridgehead atoms. The molecule has 0 amide bonds. The van der Waals surface area contributed by atoms with Crippen LogP contribution in [0.15, 0.2) is 21.7 Å². The molecular weight excluding hydrogens is 273 g/mol. The van der Waals surface area contributed by atoms with E-state index in [0.717, 1.165) is 28.5 Å². The number of halogens is 5. The maximum Gasteiger partial charge on any atom is 0.194 e. The van der Waals surface area contributed by atoms with E-state index in [1.807, 2.05) is 0 Å². The van der Waals surface area contributed by atoms with Gasteiger partial charge in [-0.3, -0.25) is 0 Å². The molecule has 1 aliphatic carbocycles. The van der Waals surface area contributed by atoms with Crippen LogP contribution in [0.1, 0.15) is 19.3 Å². The molecule has 0 fully saturated rings. The first kappa shape index (κ1) is 12.0. The summed E-state index contributed by atoms with van der Waals surface area (Å²) in [6.45, 7) is 0. The molecule has 0 saturated heterocycles. The van der Waals surface area contributed by atoms with Crippen molar-refractivity contribution in [3.8, 4) is 0 Å². The Bertz CT molecular complexity index is 258. The quantitative estimate of drug-likeness (QED) is 0.582. The number of allylic oxidation sites excluding steroid dienone is 4. The van der Waals surface area contributed by atoms with Crippen LogP contribution in [-0.2, 0) is 0 Å². The van der Waals surface area contributed by atoms with Gasteiger partial charge in [0.1, 0.15) is 0 Å². The second-order valence-corrected chi connectivity index (χ2v) is 6.27. The lowest BCUT2D eigenvalue weighted by Gasteiger charge is -2.17. The molecule has 0 aliphatic heterocycles. The van der Waals surface area contributed by atoms with Gasteiger partial charge in [0.2, 0.25) is 0 Å². The van der Waals surface area contributed by atoms with Gasteiger partial charge in [-0.1, -0.05) is 58.0 Å². The van der Waals surface area contributed by atoms with Crippen LogP contribution in [0.25, 0.3) is 0 Å². The molecule has 0 unspecified atom stereocenters. The predicted octanol–water partition coefficient (Wildman–Crippen LogP) is 5.16. The second kappa shape index (κ2) is 4.63. The summed E-state index contributed by atoms with van der Waals surface area (Å²) in [4.78, 5) is 0. The zero-order valence-electron chi connectivity index (χ0n) is 6.59. The van der Waals surface area contributed by atoms with Crippen molar-refractivity contribution in [3.63, 3.8) is 0 Å². The molecule has 0 heterocycles. The van der Waals surface area contributed by atoms with Crippen LogP contribution in [0.2, 0.25) is 0 Å². The molecule has 0 radical (unpaired) electrons. The third-order valence-electron chi connectivity index (χ3n) is 1.65. The molecule has 0 saturated carbocycles. The number of alkyl halides is 3. The Labute approximate surface area is 102 Å². The van der Waals surface area contributed by atoms with E-state index >= 15 is 0 Å². The van der Waals surface area contributed by atoms with Crippen molar-refractivity contribution in [1.82, 2.24) is 0 Å². The average molecular weight is 280 g/mol. The van der Waals surface area contributed by atoms with E-state index in [9.17, 15) is 0 Å². The van der Waals surface area contributed by atoms with E-state index in [-0.39, 0.29) is 0 Å². The van der Waals surface area contributed by atoms with E-state index < -0.39 is 3.79 Å². The first-order chi connectivity index (χ1) is 5.88. The molecular formula is C8H7Cl5. The molecule has 0 aromatic rings. The Morgan fingerprint density at radius 2 is 1.77 bits per heavy atom. The summed E-state index contributed by atoms with van der Waals surface area (Å²) in [6.07, 6.45) is 3.57. The Hall–Kier alpha value is 0.930. The minimum atomic E-state index is -1.31. The first-order valence-electron chi connectivity index (χ1n) is 3.69. The minimum absolute atomic E-state index is 0.298. The third-order valence-corrected chi connectivity index (χ3v) is 2.78. The maximum absolute atomic E-state index is 5.95. The molecule has 0 spiro atoms.